The first kappa shape index (κ1) is 14.9. The second kappa shape index (κ2) is 6.13. The Morgan fingerprint density at radius 3 is 2.35 bits per heavy atom. The van der Waals surface area contributed by atoms with Gasteiger partial charge in [0.05, 0.1) is 0 Å². The van der Waals surface area contributed by atoms with Crippen LogP contribution in [-0.2, 0) is 10.2 Å². The SMILES string of the molecule is CCCN(C)S(=O)(=O)N1CCC(C(C)N)CC1. The summed E-state index contributed by atoms with van der Waals surface area (Å²) in [4.78, 5) is 0. The maximum Gasteiger partial charge on any atom is 0.281 e. The van der Waals surface area contributed by atoms with Crippen LogP contribution in [0.2, 0.25) is 0 Å². The van der Waals surface area contributed by atoms with Crippen molar-refractivity contribution in [1.82, 2.24) is 8.61 Å². The Morgan fingerprint density at radius 2 is 1.94 bits per heavy atom. The van der Waals surface area contributed by atoms with Crippen LogP contribution in [0.1, 0.15) is 33.1 Å². The molecule has 0 amide bonds. The van der Waals surface area contributed by atoms with Crippen molar-refractivity contribution < 1.29 is 8.42 Å². The lowest BCUT2D eigenvalue weighted by atomic mass is 9.92. The van der Waals surface area contributed by atoms with Crippen LogP contribution in [-0.4, -0.2) is 49.8 Å². The molecule has 0 radical (unpaired) electrons. The average Bonchev–Trinajstić information content (AvgIpc) is 2.29. The van der Waals surface area contributed by atoms with Crippen LogP contribution < -0.4 is 5.73 Å². The van der Waals surface area contributed by atoms with E-state index in [1.165, 1.54) is 4.31 Å². The van der Waals surface area contributed by atoms with Crippen molar-refractivity contribution in [3.63, 3.8) is 0 Å². The van der Waals surface area contributed by atoms with Gasteiger partial charge in [0.25, 0.3) is 10.2 Å². The maximum atomic E-state index is 12.2. The van der Waals surface area contributed by atoms with E-state index in [0.717, 1.165) is 19.3 Å². The van der Waals surface area contributed by atoms with E-state index in [9.17, 15) is 8.42 Å². The van der Waals surface area contributed by atoms with Crippen molar-refractivity contribution in [2.24, 2.45) is 11.7 Å². The summed E-state index contributed by atoms with van der Waals surface area (Å²) in [5, 5.41) is 0. The van der Waals surface area contributed by atoms with Gasteiger partial charge in [0, 0.05) is 32.7 Å². The first-order chi connectivity index (χ1) is 7.89. The van der Waals surface area contributed by atoms with E-state index in [4.69, 9.17) is 5.73 Å². The first-order valence-corrected chi connectivity index (χ1v) is 7.76. The third-order valence-electron chi connectivity index (χ3n) is 3.50. The van der Waals surface area contributed by atoms with E-state index in [2.05, 4.69) is 0 Å². The summed E-state index contributed by atoms with van der Waals surface area (Å²) >= 11 is 0. The fourth-order valence-electron chi connectivity index (χ4n) is 2.26. The minimum atomic E-state index is -3.25. The minimum Gasteiger partial charge on any atom is -0.328 e. The molecule has 1 heterocycles. The normalized spacial score (nSPS) is 21.9. The monoisotopic (exact) mass is 263 g/mol. The predicted octanol–water partition coefficient (Wildman–Crippen LogP) is 0.632. The van der Waals surface area contributed by atoms with Gasteiger partial charge in [-0.15, -0.1) is 0 Å². The predicted molar refractivity (Wildman–Crippen MR) is 69.8 cm³/mol. The Labute approximate surface area is 105 Å². The van der Waals surface area contributed by atoms with Crippen LogP contribution in [0, 0.1) is 5.92 Å². The van der Waals surface area contributed by atoms with Crippen molar-refractivity contribution in [2.45, 2.75) is 39.2 Å². The van der Waals surface area contributed by atoms with E-state index in [1.54, 1.807) is 11.4 Å². The van der Waals surface area contributed by atoms with Gasteiger partial charge >= 0.3 is 0 Å². The fourth-order valence-corrected chi connectivity index (χ4v) is 3.74. The van der Waals surface area contributed by atoms with Crippen molar-refractivity contribution in [3.8, 4) is 0 Å². The molecule has 0 bridgehead atoms. The third-order valence-corrected chi connectivity index (χ3v) is 5.49. The number of piperidine rings is 1. The third kappa shape index (κ3) is 3.64. The van der Waals surface area contributed by atoms with Gasteiger partial charge in [0.2, 0.25) is 0 Å². The van der Waals surface area contributed by atoms with Crippen LogP contribution in [0.25, 0.3) is 0 Å². The largest absolute Gasteiger partial charge is 0.328 e. The van der Waals surface area contributed by atoms with E-state index in [1.807, 2.05) is 13.8 Å². The lowest BCUT2D eigenvalue weighted by Gasteiger charge is -2.34. The summed E-state index contributed by atoms with van der Waals surface area (Å²) in [6.07, 6.45) is 2.58. The molecular formula is C11H25N3O2S. The highest BCUT2D eigenvalue weighted by Crippen LogP contribution is 2.22. The topological polar surface area (TPSA) is 66.6 Å². The summed E-state index contributed by atoms with van der Waals surface area (Å²) < 4.78 is 27.4. The molecule has 17 heavy (non-hydrogen) atoms. The Kier molecular flexibility index (Phi) is 5.37. The van der Waals surface area contributed by atoms with Gasteiger partial charge in [0.1, 0.15) is 0 Å². The molecule has 0 aromatic rings. The van der Waals surface area contributed by atoms with Crippen molar-refractivity contribution in [3.05, 3.63) is 0 Å². The van der Waals surface area contributed by atoms with Gasteiger partial charge in [-0.05, 0) is 32.1 Å². The highest BCUT2D eigenvalue weighted by molar-refractivity contribution is 7.86. The van der Waals surface area contributed by atoms with Crippen LogP contribution in [0.15, 0.2) is 0 Å². The molecule has 0 aromatic heterocycles. The molecule has 5 nitrogen and oxygen atoms in total. The minimum absolute atomic E-state index is 0.160. The molecule has 1 unspecified atom stereocenters. The molecule has 1 aliphatic heterocycles. The molecule has 1 saturated heterocycles. The van der Waals surface area contributed by atoms with Gasteiger partial charge < -0.3 is 5.73 Å². The van der Waals surface area contributed by atoms with Gasteiger partial charge in [-0.1, -0.05) is 6.92 Å². The molecule has 1 rings (SSSR count). The van der Waals surface area contributed by atoms with Crippen LogP contribution in [0.4, 0.5) is 0 Å². The van der Waals surface area contributed by atoms with Crippen LogP contribution >= 0.6 is 0 Å². The summed E-state index contributed by atoms with van der Waals surface area (Å²) in [7, 11) is -1.60. The van der Waals surface area contributed by atoms with Crippen LogP contribution in [0.3, 0.4) is 0 Å². The highest BCUT2D eigenvalue weighted by Gasteiger charge is 2.31. The number of nitrogens with zero attached hydrogens (tertiary/aromatic N) is 2. The zero-order valence-electron chi connectivity index (χ0n) is 11.1. The first-order valence-electron chi connectivity index (χ1n) is 6.36. The second-order valence-corrected chi connectivity index (χ2v) is 6.96. The molecule has 2 N–H and O–H groups in total. The van der Waals surface area contributed by atoms with E-state index in [0.29, 0.717) is 25.6 Å². The standard InChI is InChI=1S/C11H25N3O2S/c1-4-7-13(3)17(15,16)14-8-5-11(6-9-14)10(2)12/h10-11H,4-9,12H2,1-3H3. The Bertz CT molecular complexity index is 322. The van der Waals surface area contributed by atoms with E-state index >= 15 is 0 Å². The summed E-state index contributed by atoms with van der Waals surface area (Å²) in [6, 6.07) is 0.160. The van der Waals surface area contributed by atoms with Gasteiger partial charge in [0.15, 0.2) is 0 Å². The molecule has 0 saturated carbocycles. The maximum absolute atomic E-state index is 12.2. The van der Waals surface area contributed by atoms with Crippen molar-refractivity contribution in [2.75, 3.05) is 26.7 Å². The molecule has 0 spiro atoms. The average molecular weight is 263 g/mol. The molecule has 1 fully saturated rings. The lowest BCUT2D eigenvalue weighted by molar-refractivity contribution is 0.239. The van der Waals surface area contributed by atoms with Crippen LogP contribution in [0.5, 0.6) is 0 Å². The lowest BCUT2D eigenvalue weighted by Crippen LogP contribution is -2.47. The number of rotatable bonds is 5. The Morgan fingerprint density at radius 1 is 1.41 bits per heavy atom. The Balaban J connectivity index is 2.58. The summed E-state index contributed by atoms with van der Waals surface area (Å²) in [6.45, 7) is 5.76. The van der Waals surface area contributed by atoms with E-state index in [-0.39, 0.29) is 6.04 Å². The molecule has 0 aromatic carbocycles. The van der Waals surface area contributed by atoms with Gasteiger partial charge in [-0.2, -0.15) is 17.0 Å². The summed E-state index contributed by atoms with van der Waals surface area (Å²) in [5.74, 6) is 0.456. The second-order valence-electron chi connectivity index (χ2n) is 4.92. The fraction of sp³-hybridized carbons (Fsp3) is 1.00. The molecule has 6 heteroatoms. The smallest absolute Gasteiger partial charge is 0.281 e. The van der Waals surface area contributed by atoms with Gasteiger partial charge in [-0.3, -0.25) is 0 Å². The highest BCUT2D eigenvalue weighted by atomic mass is 32.2. The molecule has 102 valence electrons. The van der Waals surface area contributed by atoms with E-state index < -0.39 is 10.2 Å². The van der Waals surface area contributed by atoms with Gasteiger partial charge in [-0.25, -0.2) is 0 Å². The number of hydrogen-bond donors (Lipinski definition) is 1. The molecule has 1 aliphatic rings. The zero-order chi connectivity index (χ0) is 13.1. The Hall–Kier alpha value is -0.170. The zero-order valence-corrected chi connectivity index (χ0v) is 11.9. The molecule has 0 aliphatic carbocycles. The summed E-state index contributed by atoms with van der Waals surface area (Å²) in [5.41, 5.74) is 5.85. The van der Waals surface area contributed by atoms with Crippen molar-refractivity contribution >= 4 is 10.2 Å². The molecular weight excluding hydrogens is 238 g/mol. The molecule has 1 atom stereocenters. The number of nitrogens with two attached hydrogens (primary N) is 1. The quantitative estimate of drug-likeness (QED) is 0.791. The van der Waals surface area contributed by atoms with Crippen molar-refractivity contribution in [1.29, 1.82) is 0 Å². The number of hydrogen-bond acceptors (Lipinski definition) is 3.